The van der Waals surface area contributed by atoms with E-state index in [0.29, 0.717) is 49.7 Å². The summed E-state index contributed by atoms with van der Waals surface area (Å²) in [5, 5.41) is 2.91. The lowest BCUT2D eigenvalue weighted by molar-refractivity contribution is -0.149. The van der Waals surface area contributed by atoms with Crippen LogP contribution in [0.1, 0.15) is 49.9 Å². The lowest BCUT2D eigenvalue weighted by Crippen LogP contribution is -2.41. The van der Waals surface area contributed by atoms with Gasteiger partial charge in [-0.05, 0) is 69.8 Å². The molecule has 2 amide bonds. The summed E-state index contributed by atoms with van der Waals surface area (Å²) < 4.78 is 5.09. The molecule has 164 valence electrons. The Labute approximate surface area is 178 Å². The van der Waals surface area contributed by atoms with Crippen LogP contribution in [0.3, 0.4) is 0 Å². The average molecular weight is 416 g/mol. The lowest BCUT2D eigenvalue weighted by Gasteiger charge is -2.30. The van der Waals surface area contributed by atoms with E-state index in [1.54, 1.807) is 24.3 Å². The largest absolute Gasteiger partial charge is 0.466 e. The number of amides is 2. The fraction of sp³-hybridized carbons (Fsp3) is 0.609. The topological polar surface area (TPSA) is 79.0 Å². The Bertz CT molecular complexity index is 751. The first kappa shape index (κ1) is 22.3. The lowest BCUT2D eigenvalue weighted by atomic mass is 9.97. The third-order valence-electron chi connectivity index (χ3n) is 6.04. The van der Waals surface area contributed by atoms with E-state index in [0.717, 1.165) is 25.9 Å². The summed E-state index contributed by atoms with van der Waals surface area (Å²) in [6.07, 6.45) is 3.50. The quantitative estimate of drug-likeness (QED) is 0.723. The van der Waals surface area contributed by atoms with Gasteiger partial charge in [0.2, 0.25) is 5.91 Å². The summed E-state index contributed by atoms with van der Waals surface area (Å²) in [5.74, 6) is 0.387. The monoisotopic (exact) mass is 415 g/mol. The average Bonchev–Trinajstić information content (AvgIpc) is 2.74. The number of nitrogens with one attached hydrogen (secondary N) is 1. The molecule has 2 fully saturated rings. The number of carbonyl (C=O) groups excluding carboxylic acids is 3. The van der Waals surface area contributed by atoms with E-state index >= 15 is 0 Å². The minimum atomic E-state index is -0.133. The number of benzene rings is 1. The number of hydrogen-bond donors (Lipinski definition) is 1. The van der Waals surface area contributed by atoms with E-state index in [4.69, 9.17) is 4.74 Å². The molecule has 1 aromatic rings. The van der Waals surface area contributed by atoms with Crippen molar-refractivity contribution in [2.75, 3.05) is 44.6 Å². The molecule has 0 spiro atoms. The van der Waals surface area contributed by atoms with Crippen molar-refractivity contribution in [1.82, 2.24) is 9.80 Å². The van der Waals surface area contributed by atoms with Crippen LogP contribution in [-0.2, 0) is 14.3 Å². The van der Waals surface area contributed by atoms with Crippen LogP contribution in [-0.4, -0.2) is 66.9 Å². The molecule has 0 aromatic heterocycles. The molecular formula is C23H33N3O4. The van der Waals surface area contributed by atoms with E-state index < -0.39 is 0 Å². The van der Waals surface area contributed by atoms with E-state index in [1.807, 2.05) is 11.8 Å². The maximum Gasteiger partial charge on any atom is 0.309 e. The molecule has 2 aliphatic rings. The van der Waals surface area contributed by atoms with Gasteiger partial charge in [-0.1, -0.05) is 13.0 Å². The van der Waals surface area contributed by atoms with Crippen LogP contribution in [0.25, 0.3) is 0 Å². The Kier molecular flexibility index (Phi) is 7.85. The zero-order chi connectivity index (χ0) is 21.5. The Morgan fingerprint density at radius 1 is 1.07 bits per heavy atom. The molecule has 0 atom stereocenters. The van der Waals surface area contributed by atoms with Gasteiger partial charge < -0.3 is 15.0 Å². The number of piperidine rings is 2. The van der Waals surface area contributed by atoms with Crippen LogP contribution in [0.4, 0.5) is 5.69 Å². The molecule has 2 saturated heterocycles. The number of ether oxygens (including phenoxy) is 1. The van der Waals surface area contributed by atoms with Crippen molar-refractivity contribution >= 4 is 23.5 Å². The summed E-state index contributed by atoms with van der Waals surface area (Å²) >= 11 is 0. The first-order valence-corrected chi connectivity index (χ1v) is 11.0. The van der Waals surface area contributed by atoms with E-state index in [-0.39, 0.29) is 30.2 Å². The molecule has 0 saturated carbocycles. The van der Waals surface area contributed by atoms with Crippen LogP contribution >= 0.6 is 0 Å². The van der Waals surface area contributed by atoms with Crippen LogP contribution in [0, 0.1) is 11.8 Å². The molecule has 7 heteroatoms. The molecule has 0 aliphatic carbocycles. The minimum absolute atomic E-state index is 0.0269. The second-order valence-electron chi connectivity index (χ2n) is 8.41. The highest BCUT2D eigenvalue weighted by Crippen LogP contribution is 2.21. The Balaban J connectivity index is 1.48. The second kappa shape index (κ2) is 10.6. The van der Waals surface area contributed by atoms with Crippen molar-refractivity contribution in [1.29, 1.82) is 0 Å². The van der Waals surface area contributed by atoms with Gasteiger partial charge in [0.1, 0.15) is 0 Å². The first-order chi connectivity index (χ1) is 14.5. The highest BCUT2D eigenvalue weighted by atomic mass is 16.5. The number of likely N-dealkylation sites (tertiary alicyclic amines) is 2. The van der Waals surface area contributed by atoms with Crippen LogP contribution in [0.5, 0.6) is 0 Å². The molecule has 2 heterocycles. The normalized spacial score (nSPS) is 18.8. The summed E-state index contributed by atoms with van der Waals surface area (Å²) in [6.45, 7) is 7.68. The van der Waals surface area contributed by atoms with Crippen molar-refractivity contribution in [2.24, 2.45) is 11.8 Å². The maximum absolute atomic E-state index is 12.8. The zero-order valence-electron chi connectivity index (χ0n) is 18.1. The van der Waals surface area contributed by atoms with Gasteiger partial charge in [-0.3, -0.25) is 19.3 Å². The molecular weight excluding hydrogens is 382 g/mol. The van der Waals surface area contributed by atoms with Crippen molar-refractivity contribution < 1.29 is 19.1 Å². The second-order valence-corrected chi connectivity index (χ2v) is 8.41. The van der Waals surface area contributed by atoms with Crippen molar-refractivity contribution in [3.05, 3.63) is 29.8 Å². The summed E-state index contributed by atoms with van der Waals surface area (Å²) in [4.78, 5) is 41.0. The van der Waals surface area contributed by atoms with E-state index in [9.17, 15) is 14.4 Å². The van der Waals surface area contributed by atoms with E-state index in [2.05, 4.69) is 17.1 Å². The Morgan fingerprint density at radius 3 is 2.43 bits per heavy atom. The predicted octanol–water partition coefficient (Wildman–Crippen LogP) is 2.77. The van der Waals surface area contributed by atoms with Gasteiger partial charge in [0.25, 0.3) is 5.91 Å². The Hall–Kier alpha value is -2.41. The van der Waals surface area contributed by atoms with Gasteiger partial charge in [0, 0.05) is 24.3 Å². The highest BCUT2D eigenvalue weighted by Gasteiger charge is 2.27. The number of carbonyl (C=O) groups is 3. The molecule has 0 bridgehead atoms. The fourth-order valence-corrected chi connectivity index (χ4v) is 4.11. The molecule has 7 nitrogen and oxygen atoms in total. The van der Waals surface area contributed by atoms with Crippen LogP contribution in [0.15, 0.2) is 24.3 Å². The van der Waals surface area contributed by atoms with Gasteiger partial charge in [-0.2, -0.15) is 0 Å². The van der Waals surface area contributed by atoms with Crippen molar-refractivity contribution in [3.63, 3.8) is 0 Å². The molecule has 3 rings (SSSR count). The number of anilines is 1. The number of rotatable bonds is 6. The maximum atomic E-state index is 12.8. The predicted molar refractivity (Wildman–Crippen MR) is 115 cm³/mol. The Morgan fingerprint density at radius 2 is 1.77 bits per heavy atom. The molecule has 1 N–H and O–H groups in total. The van der Waals surface area contributed by atoms with Gasteiger partial charge in [-0.15, -0.1) is 0 Å². The smallest absolute Gasteiger partial charge is 0.309 e. The number of esters is 1. The van der Waals surface area contributed by atoms with Gasteiger partial charge >= 0.3 is 5.97 Å². The van der Waals surface area contributed by atoms with Crippen LogP contribution in [0.2, 0.25) is 0 Å². The standard InChI is InChI=1S/C23H33N3O4/c1-3-30-23(29)18-9-11-25(12-10-18)16-21(27)24-20-6-4-5-19(15-20)22(28)26-13-7-17(2)8-14-26/h4-6,15,17-18H,3,7-14,16H2,1-2H3,(H,24,27). The molecule has 0 unspecified atom stereocenters. The first-order valence-electron chi connectivity index (χ1n) is 11.0. The molecule has 1 aromatic carbocycles. The third-order valence-corrected chi connectivity index (χ3v) is 6.04. The van der Waals surface area contributed by atoms with Gasteiger partial charge in [0.15, 0.2) is 0 Å². The minimum Gasteiger partial charge on any atom is -0.466 e. The van der Waals surface area contributed by atoms with Gasteiger partial charge in [-0.25, -0.2) is 0 Å². The third kappa shape index (κ3) is 6.05. The zero-order valence-corrected chi connectivity index (χ0v) is 18.1. The van der Waals surface area contributed by atoms with Crippen LogP contribution < -0.4 is 5.32 Å². The number of nitrogens with zero attached hydrogens (tertiary/aromatic N) is 2. The van der Waals surface area contributed by atoms with Crippen molar-refractivity contribution in [3.8, 4) is 0 Å². The summed E-state index contributed by atoms with van der Waals surface area (Å²) in [5.41, 5.74) is 1.25. The fourth-order valence-electron chi connectivity index (χ4n) is 4.11. The van der Waals surface area contributed by atoms with Crippen molar-refractivity contribution in [2.45, 2.75) is 39.5 Å². The number of hydrogen-bond acceptors (Lipinski definition) is 5. The highest BCUT2D eigenvalue weighted by molar-refractivity contribution is 5.97. The molecule has 0 radical (unpaired) electrons. The van der Waals surface area contributed by atoms with Gasteiger partial charge in [0.05, 0.1) is 19.1 Å². The molecule has 2 aliphatic heterocycles. The van der Waals surface area contributed by atoms with E-state index in [1.165, 1.54) is 0 Å². The SMILES string of the molecule is CCOC(=O)C1CCN(CC(=O)Nc2cccc(C(=O)N3CCC(C)CC3)c2)CC1. The summed E-state index contributed by atoms with van der Waals surface area (Å²) in [7, 11) is 0. The summed E-state index contributed by atoms with van der Waals surface area (Å²) in [6, 6.07) is 7.17. The molecule has 30 heavy (non-hydrogen) atoms.